The fourth-order valence-corrected chi connectivity index (χ4v) is 2.97. The highest BCUT2D eigenvalue weighted by Crippen LogP contribution is 2.32. The summed E-state index contributed by atoms with van der Waals surface area (Å²) in [6.07, 6.45) is 3.39. The van der Waals surface area contributed by atoms with Crippen molar-refractivity contribution in [3.8, 4) is 0 Å². The quantitative estimate of drug-likeness (QED) is 0.571. The second-order valence-corrected chi connectivity index (χ2v) is 5.96. The molecule has 138 valence electrons. The number of hydrogen-bond donors (Lipinski definition) is 1. The number of nitrogens with one attached hydrogen (secondary N) is 1. The van der Waals surface area contributed by atoms with Crippen LogP contribution in [0.4, 0.5) is 9.18 Å². The number of nitrogens with zero attached hydrogens (tertiary/aromatic N) is 2. The number of amides is 4. The Kier molecular flexibility index (Phi) is 5.92. The molecule has 6 nitrogen and oxygen atoms in total. The van der Waals surface area contributed by atoms with E-state index in [1.807, 2.05) is 0 Å². The highest BCUT2D eigenvalue weighted by atomic mass is 19.1. The molecule has 2 rings (SSSR count). The van der Waals surface area contributed by atoms with Gasteiger partial charge in [0.2, 0.25) is 5.91 Å². The molecule has 1 aliphatic heterocycles. The summed E-state index contributed by atoms with van der Waals surface area (Å²) in [5.41, 5.74) is -0.823. The lowest BCUT2D eigenvalue weighted by molar-refractivity contribution is -0.138. The van der Waals surface area contributed by atoms with Gasteiger partial charge in [-0.1, -0.05) is 31.2 Å². The summed E-state index contributed by atoms with van der Waals surface area (Å²) >= 11 is 0. The van der Waals surface area contributed by atoms with Crippen LogP contribution < -0.4 is 5.32 Å². The van der Waals surface area contributed by atoms with Gasteiger partial charge >= 0.3 is 6.03 Å². The topological polar surface area (TPSA) is 69.7 Å². The summed E-state index contributed by atoms with van der Waals surface area (Å²) in [7, 11) is 0. The van der Waals surface area contributed by atoms with Crippen LogP contribution >= 0.6 is 0 Å². The molecular formula is C19H22FN3O3. The third kappa shape index (κ3) is 3.51. The van der Waals surface area contributed by atoms with Crippen LogP contribution in [0, 0.1) is 5.82 Å². The molecule has 0 unspecified atom stereocenters. The molecule has 7 heteroatoms. The van der Waals surface area contributed by atoms with E-state index in [-0.39, 0.29) is 32.0 Å². The van der Waals surface area contributed by atoms with E-state index < -0.39 is 23.3 Å². The van der Waals surface area contributed by atoms with Gasteiger partial charge in [0.05, 0.1) is 0 Å². The number of rotatable bonds is 8. The van der Waals surface area contributed by atoms with Crippen LogP contribution in [0.1, 0.15) is 18.9 Å². The maximum absolute atomic E-state index is 13.2. The van der Waals surface area contributed by atoms with Crippen molar-refractivity contribution in [2.45, 2.75) is 18.9 Å². The van der Waals surface area contributed by atoms with E-state index in [0.29, 0.717) is 5.56 Å². The highest BCUT2D eigenvalue weighted by Gasteiger charge is 2.51. The Morgan fingerprint density at radius 3 is 2.31 bits per heavy atom. The summed E-state index contributed by atoms with van der Waals surface area (Å²) < 4.78 is 13.2. The number of urea groups is 1. The molecule has 1 fully saturated rings. The van der Waals surface area contributed by atoms with Crippen LogP contribution in [0.2, 0.25) is 0 Å². The van der Waals surface area contributed by atoms with E-state index in [1.54, 1.807) is 19.1 Å². The van der Waals surface area contributed by atoms with Gasteiger partial charge in [0.15, 0.2) is 0 Å². The molecule has 0 bridgehead atoms. The average Bonchev–Trinajstić information content (AvgIpc) is 2.87. The fourth-order valence-electron chi connectivity index (χ4n) is 2.97. The van der Waals surface area contributed by atoms with Gasteiger partial charge in [-0.05, 0) is 24.1 Å². The number of hydrogen-bond acceptors (Lipinski definition) is 3. The van der Waals surface area contributed by atoms with Gasteiger partial charge in [-0.2, -0.15) is 0 Å². The number of carbonyl (C=O) groups is 3. The molecule has 1 N–H and O–H groups in total. The summed E-state index contributed by atoms with van der Waals surface area (Å²) in [5.74, 6) is -1.35. The van der Waals surface area contributed by atoms with Crippen molar-refractivity contribution in [2.75, 3.05) is 19.6 Å². The zero-order chi connectivity index (χ0) is 19.3. The molecule has 26 heavy (non-hydrogen) atoms. The minimum absolute atomic E-state index is 0.275. The molecule has 4 amide bonds. The second-order valence-electron chi connectivity index (χ2n) is 5.96. The zero-order valence-electron chi connectivity index (χ0n) is 14.7. The lowest BCUT2D eigenvalue weighted by atomic mass is 9.87. The van der Waals surface area contributed by atoms with E-state index in [4.69, 9.17) is 0 Å². The van der Waals surface area contributed by atoms with E-state index in [9.17, 15) is 18.8 Å². The molecule has 0 radical (unpaired) electrons. The summed E-state index contributed by atoms with van der Waals surface area (Å²) in [6, 6.07) is 4.74. The molecule has 1 aromatic rings. The lowest BCUT2D eigenvalue weighted by Crippen LogP contribution is -2.45. The van der Waals surface area contributed by atoms with Gasteiger partial charge in [0.25, 0.3) is 5.91 Å². The van der Waals surface area contributed by atoms with Crippen LogP contribution in [0.25, 0.3) is 0 Å². The minimum Gasteiger partial charge on any atom is -0.334 e. The molecule has 1 aromatic carbocycles. The first kappa shape index (κ1) is 19.4. The van der Waals surface area contributed by atoms with Crippen molar-refractivity contribution >= 4 is 17.8 Å². The summed E-state index contributed by atoms with van der Waals surface area (Å²) in [6.45, 7) is 9.11. The van der Waals surface area contributed by atoms with Gasteiger partial charge in [0.1, 0.15) is 17.9 Å². The molecule has 0 aromatic heterocycles. The Bertz CT molecular complexity index is 722. The predicted molar refractivity (Wildman–Crippen MR) is 95.6 cm³/mol. The van der Waals surface area contributed by atoms with Crippen LogP contribution in [0.3, 0.4) is 0 Å². The third-order valence-electron chi connectivity index (χ3n) is 4.39. The van der Waals surface area contributed by atoms with Crippen molar-refractivity contribution in [1.29, 1.82) is 0 Å². The van der Waals surface area contributed by atoms with E-state index in [2.05, 4.69) is 18.5 Å². The molecule has 1 heterocycles. The predicted octanol–water partition coefficient (Wildman–Crippen LogP) is 2.18. The number of benzene rings is 1. The fraction of sp³-hybridized carbons (Fsp3) is 0.316. The van der Waals surface area contributed by atoms with Crippen molar-refractivity contribution in [3.05, 3.63) is 61.0 Å². The molecule has 0 saturated carbocycles. The Hall–Kier alpha value is -2.96. The maximum atomic E-state index is 13.2. The van der Waals surface area contributed by atoms with Crippen molar-refractivity contribution in [2.24, 2.45) is 0 Å². The zero-order valence-corrected chi connectivity index (χ0v) is 14.7. The van der Waals surface area contributed by atoms with Gasteiger partial charge in [-0.25, -0.2) is 9.18 Å². The van der Waals surface area contributed by atoms with Crippen molar-refractivity contribution in [3.63, 3.8) is 0 Å². The van der Waals surface area contributed by atoms with Gasteiger partial charge < -0.3 is 10.2 Å². The summed E-state index contributed by atoms with van der Waals surface area (Å²) in [5, 5.41) is 2.66. The second kappa shape index (κ2) is 7.95. The number of carbonyl (C=O) groups excluding carboxylic acids is 3. The maximum Gasteiger partial charge on any atom is 0.325 e. The number of imide groups is 1. The minimum atomic E-state index is -1.30. The smallest absolute Gasteiger partial charge is 0.325 e. The SMILES string of the molecule is C=CCN(CC=C)C(=O)CN1C(=O)N[C@](CC)(c2ccc(F)cc2)C1=O. The Morgan fingerprint density at radius 1 is 1.23 bits per heavy atom. The normalized spacial score (nSPS) is 19.2. The van der Waals surface area contributed by atoms with Gasteiger partial charge in [-0.15, -0.1) is 13.2 Å². The van der Waals surface area contributed by atoms with E-state index in [0.717, 1.165) is 4.90 Å². The third-order valence-corrected chi connectivity index (χ3v) is 4.39. The van der Waals surface area contributed by atoms with Gasteiger partial charge in [0, 0.05) is 13.1 Å². The van der Waals surface area contributed by atoms with E-state index in [1.165, 1.54) is 29.2 Å². The first-order chi connectivity index (χ1) is 12.4. The monoisotopic (exact) mass is 359 g/mol. The molecule has 1 saturated heterocycles. The van der Waals surface area contributed by atoms with Gasteiger partial charge in [-0.3, -0.25) is 14.5 Å². The van der Waals surface area contributed by atoms with Crippen LogP contribution in [0.5, 0.6) is 0 Å². The Balaban J connectivity index is 2.26. The van der Waals surface area contributed by atoms with E-state index >= 15 is 0 Å². The first-order valence-electron chi connectivity index (χ1n) is 8.29. The Morgan fingerprint density at radius 2 is 1.81 bits per heavy atom. The number of halogens is 1. The first-order valence-corrected chi connectivity index (χ1v) is 8.29. The largest absolute Gasteiger partial charge is 0.334 e. The van der Waals surface area contributed by atoms with Crippen molar-refractivity contribution in [1.82, 2.24) is 15.1 Å². The molecular weight excluding hydrogens is 337 g/mol. The molecule has 0 spiro atoms. The summed E-state index contributed by atoms with van der Waals surface area (Å²) in [4.78, 5) is 40.1. The molecule has 0 aliphatic carbocycles. The van der Waals surface area contributed by atoms with Crippen LogP contribution in [0.15, 0.2) is 49.6 Å². The van der Waals surface area contributed by atoms with Crippen LogP contribution in [-0.4, -0.2) is 47.3 Å². The molecule has 1 atom stereocenters. The standard InChI is InChI=1S/C19H22FN3O3/c1-4-11-22(12-5-2)16(24)13-23-17(25)19(6-3,21-18(23)26)14-7-9-15(20)10-8-14/h4-5,7-10H,1-2,6,11-13H2,3H3,(H,21,26)/t19-/m1/s1. The Labute approximate surface area is 152 Å². The average molecular weight is 359 g/mol. The lowest BCUT2D eigenvalue weighted by Gasteiger charge is -2.26. The highest BCUT2D eigenvalue weighted by molar-refractivity contribution is 6.09. The molecule has 1 aliphatic rings. The van der Waals surface area contributed by atoms with Crippen LogP contribution in [-0.2, 0) is 15.1 Å². The van der Waals surface area contributed by atoms with Crippen molar-refractivity contribution < 1.29 is 18.8 Å².